The number of benzene rings is 1. The zero-order valence-electron chi connectivity index (χ0n) is 11.9. The maximum absolute atomic E-state index is 5.32. The lowest BCUT2D eigenvalue weighted by Gasteiger charge is -2.33. The first-order valence-corrected chi connectivity index (χ1v) is 8.08. The number of hydrogen-bond acceptors (Lipinski definition) is 2. The standard InChI is InChI=1S/C16H24BrNO/c1-3-12-7-4-5-9-15(12)18-16-10-6-8-14(17)13(16)11-19-2/h6,8,10,12,15,18H,3-5,7,9,11H2,1-2H3. The van der Waals surface area contributed by atoms with Crippen LogP contribution in [0.5, 0.6) is 0 Å². The van der Waals surface area contributed by atoms with E-state index < -0.39 is 0 Å². The minimum Gasteiger partial charge on any atom is -0.382 e. The summed E-state index contributed by atoms with van der Waals surface area (Å²) in [6, 6.07) is 6.96. The van der Waals surface area contributed by atoms with Crippen molar-refractivity contribution in [1.82, 2.24) is 0 Å². The second-order valence-electron chi connectivity index (χ2n) is 5.40. The molecule has 1 saturated carbocycles. The number of rotatable bonds is 5. The van der Waals surface area contributed by atoms with Crippen LogP contribution in [0.2, 0.25) is 0 Å². The van der Waals surface area contributed by atoms with Crippen LogP contribution in [0.3, 0.4) is 0 Å². The first-order chi connectivity index (χ1) is 9.26. The zero-order chi connectivity index (χ0) is 13.7. The monoisotopic (exact) mass is 325 g/mol. The van der Waals surface area contributed by atoms with Crippen LogP contribution in [0.15, 0.2) is 22.7 Å². The summed E-state index contributed by atoms with van der Waals surface area (Å²) in [5.74, 6) is 0.808. The number of anilines is 1. The smallest absolute Gasteiger partial charge is 0.0744 e. The molecule has 3 heteroatoms. The Morgan fingerprint density at radius 1 is 1.32 bits per heavy atom. The highest BCUT2D eigenvalue weighted by molar-refractivity contribution is 9.10. The molecule has 0 radical (unpaired) electrons. The van der Waals surface area contributed by atoms with Crippen LogP contribution in [0.25, 0.3) is 0 Å². The minimum atomic E-state index is 0.614. The third-order valence-electron chi connectivity index (χ3n) is 4.18. The Morgan fingerprint density at radius 3 is 2.84 bits per heavy atom. The summed E-state index contributed by atoms with van der Waals surface area (Å²) in [5.41, 5.74) is 2.45. The van der Waals surface area contributed by atoms with E-state index in [4.69, 9.17) is 4.74 Å². The van der Waals surface area contributed by atoms with Gasteiger partial charge in [-0.15, -0.1) is 0 Å². The molecule has 0 heterocycles. The first-order valence-electron chi connectivity index (χ1n) is 7.29. The minimum absolute atomic E-state index is 0.614. The van der Waals surface area contributed by atoms with E-state index in [0.717, 1.165) is 10.4 Å². The van der Waals surface area contributed by atoms with Crippen molar-refractivity contribution >= 4 is 21.6 Å². The topological polar surface area (TPSA) is 21.3 Å². The molecule has 2 atom stereocenters. The second-order valence-corrected chi connectivity index (χ2v) is 6.26. The molecule has 0 spiro atoms. The molecular formula is C16H24BrNO. The Balaban J connectivity index is 2.15. The van der Waals surface area contributed by atoms with E-state index in [9.17, 15) is 0 Å². The number of methoxy groups -OCH3 is 1. The summed E-state index contributed by atoms with van der Waals surface area (Å²) in [6.07, 6.45) is 6.66. The van der Waals surface area contributed by atoms with Crippen LogP contribution in [-0.4, -0.2) is 13.2 Å². The maximum Gasteiger partial charge on any atom is 0.0744 e. The molecule has 0 aromatic heterocycles. The quantitative estimate of drug-likeness (QED) is 0.824. The molecule has 2 rings (SSSR count). The van der Waals surface area contributed by atoms with E-state index in [1.165, 1.54) is 43.4 Å². The number of halogens is 1. The third-order valence-corrected chi connectivity index (χ3v) is 4.92. The van der Waals surface area contributed by atoms with Gasteiger partial charge in [0.25, 0.3) is 0 Å². The highest BCUT2D eigenvalue weighted by Crippen LogP contribution is 2.32. The molecule has 106 valence electrons. The Morgan fingerprint density at radius 2 is 2.11 bits per heavy atom. The largest absolute Gasteiger partial charge is 0.382 e. The maximum atomic E-state index is 5.32. The predicted octanol–water partition coefficient (Wildman–Crippen LogP) is 4.98. The molecule has 0 bridgehead atoms. The molecule has 1 aromatic carbocycles. The Bertz CT molecular complexity index is 408. The molecule has 1 aromatic rings. The number of hydrogen-bond donors (Lipinski definition) is 1. The van der Waals surface area contributed by atoms with Crippen LogP contribution < -0.4 is 5.32 Å². The van der Waals surface area contributed by atoms with E-state index >= 15 is 0 Å². The zero-order valence-corrected chi connectivity index (χ0v) is 13.5. The van der Waals surface area contributed by atoms with Gasteiger partial charge in [0, 0.05) is 28.9 Å². The van der Waals surface area contributed by atoms with Crippen LogP contribution in [0.1, 0.15) is 44.6 Å². The summed E-state index contributed by atoms with van der Waals surface area (Å²) in [7, 11) is 1.75. The molecule has 19 heavy (non-hydrogen) atoms. The molecule has 2 nitrogen and oxygen atoms in total. The molecule has 1 aliphatic carbocycles. The number of ether oxygens (including phenoxy) is 1. The second kappa shape index (κ2) is 7.30. The Hall–Kier alpha value is -0.540. The molecule has 0 aliphatic heterocycles. The van der Waals surface area contributed by atoms with Crippen LogP contribution >= 0.6 is 15.9 Å². The van der Waals surface area contributed by atoms with Gasteiger partial charge in [0.05, 0.1) is 6.61 Å². The van der Waals surface area contributed by atoms with Crippen molar-refractivity contribution in [3.05, 3.63) is 28.2 Å². The lowest BCUT2D eigenvalue weighted by molar-refractivity contribution is 0.184. The molecular weight excluding hydrogens is 302 g/mol. The van der Waals surface area contributed by atoms with Crippen molar-refractivity contribution in [2.75, 3.05) is 12.4 Å². The summed E-state index contributed by atoms with van der Waals surface area (Å²) < 4.78 is 6.45. The SMILES string of the molecule is CCC1CCCCC1Nc1cccc(Br)c1COC. The van der Waals surface area contributed by atoms with Gasteiger partial charge in [0.2, 0.25) is 0 Å². The lowest BCUT2D eigenvalue weighted by Crippen LogP contribution is -2.32. The average molecular weight is 326 g/mol. The Labute approximate surface area is 125 Å². The molecule has 2 unspecified atom stereocenters. The van der Waals surface area contributed by atoms with Crippen molar-refractivity contribution in [3.63, 3.8) is 0 Å². The summed E-state index contributed by atoms with van der Waals surface area (Å²) in [4.78, 5) is 0. The first kappa shape index (κ1) is 14.9. The fourth-order valence-corrected chi connectivity index (χ4v) is 3.55. The van der Waals surface area contributed by atoms with E-state index in [1.807, 2.05) is 0 Å². The fourth-order valence-electron chi connectivity index (χ4n) is 3.07. The number of nitrogens with one attached hydrogen (secondary N) is 1. The average Bonchev–Trinajstić information content (AvgIpc) is 2.43. The van der Waals surface area contributed by atoms with Gasteiger partial charge in [-0.1, -0.05) is 48.2 Å². The van der Waals surface area contributed by atoms with Gasteiger partial charge < -0.3 is 10.1 Å². The van der Waals surface area contributed by atoms with Crippen molar-refractivity contribution in [1.29, 1.82) is 0 Å². The molecule has 1 aliphatic rings. The van der Waals surface area contributed by atoms with Gasteiger partial charge in [0.15, 0.2) is 0 Å². The lowest BCUT2D eigenvalue weighted by atomic mass is 9.82. The van der Waals surface area contributed by atoms with Gasteiger partial charge in [-0.05, 0) is 30.9 Å². The Kier molecular flexibility index (Phi) is 5.71. The van der Waals surface area contributed by atoms with Gasteiger partial charge in [-0.25, -0.2) is 0 Å². The summed E-state index contributed by atoms with van der Waals surface area (Å²) >= 11 is 3.63. The van der Waals surface area contributed by atoms with Crippen molar-refractivity contribution in [2.24, 2.45) is 5.92 Å². The van der Waals surface area contributed by atoms with Gasteiger partial charge >= 0.3 is 0 Å². The van der Waals surface area contributed by atoms with E-state index in [1.54, 1.807) is 7.11 Å². The van der Waals surface area contributed by atoms with E-state index in [-0.39, 0.29) is 0 Å². The molecule has 1 N–H and O–H groups in total. The van der Waals surface area contributed by atoms with E-state index in [2.05, 4.69) is 46.4 Å². The normalized spacial score (nSPS) is 23.3. The fraction of sp³-hybridized carbons (Fsp3) is 0.625. The van der Waals surface area contributed by atoms with E-state index in [0.29, 0.717) is 12.6 Å². The van der Waals surface area contributed by atoms with Crippen LogP contribution in [-0.2, 0) is 11.3 Å². The summed E-state index contributed by atoms with van der Waals surface area (Å²) in [6.45, 7) is 2.95. The molecule has 0 amide bonds. The van der Waals surface area contributed by atoms with Crippen LogP contribution in [0.4, 0.5) is 5.69 Å². The van der Waals surface area contributed by atoms with Crippen molar-refractivity contribution < 1.29 is 4.74 Å². The van der Waals surface area contributed by atoms with Gasteiger partial charge in [-0.2, -0.15) is 0 Å². The predicted molar refractivity (Wildman–Crippen MR) is 84.5 cm³/mol. The van der Waals surface area contributed by atoms with Crippen LogP contribution in [0, 0.1) is 5.92 Å². The molecule has 1 fully saturated rings. The van der Waals surface area contributed by atoms with Gasteiger partial charge in [0.1, 0.15) is 0 Å². The third kappa shape index (κ3) is 3.73. The molecule has 0 saturated heterocycles. The van der Waals surface area contributed by atoms with Crippen molar-refractivity contribution in [3.8, 4) is 0 Å². The highest BCUT2D eigenvalue weighted by atomic mass is 79.9. The highest BCUT2D eigenvalue weighted by Gasteiger charge is 2.24. The van der Waals surface area contributed by atoms with Crippen molar-refractivity contribution in [2.45, 2.75) is 51.7 Å². The van der Waals surface area contributed by atoms with Gasteiger partial charge in [-0.3, -0.25) is 0 Å². The summed E-state index contributed by atoms with van der Waals surface area (Å²) in [5, 5.41) is 3.77.